The van der Waals surface area contributed by atoms with Gasteiger partial charge < -0.3 is 5.32 Å². The third-order valence-electron chi connectivity index (χ3n) is 5.39. The van der Waals surface area contributed by atoms with Crippen molar-refractivity contribution in [3.8, 4) is 5.69 Å². The Hall–Kier alpha value is -2.73. The standard InChI is InChI=1S/C21H25F3N4O4S/c1-3-11-33(31,32)27-9-7-16(8-10-27)25-20(30)19-18(29)12-14(2)28(26-19)17-6-4-5-15(13-17)21(22,23)24/h4-6,12-13,16H,3,7-11H2,1-2H3,(H,25,30). The molecule has 0 radical (unpaired) electrons. The number of nitrogens with one attached hydrogen (secondary N) is 1. The number of amides is 1. The summed E-state index contributed by atoms with van der Waals surface area (Å²) in [5.41, 5.74) is -1.65. The van der Waals surface area contributed by atoms with Gasteiger partial charge in [-0.3, -0.25) is 9.59 Å². The molecule has 1 aromatic carbocycles. The maximum atomic E-state index is 13.1. The summed E-state index contributed by atoms with van der Waals surface area (Å²) in [6.07, 6.45) is -3.29. The third-order valence-corrected chi connectivity index (χ3v) is 7.46. The highest BCUT2D eigenvalue weighted by Crippen LogP contribution is 2.30. The van der Waals surface area contributed by atoms with Gasteiger partial charge in [0.25, 0.3) is 5.91 Å². The second kappa shape index (κ2) is 9.64. The van der Waals surface area contributed by atoms with Gasteiger partial charge in [0.05, 0.1) is 17.0 Å². The molecule has 2 heterocycles. The molecule has 0 aliphatic carbocycles. The van der Waals surface area contributed by atoms with Crippen molar-refractivity contribution in [1.29, 1.82) is 0 Å². The monoisotopic (exact) mass is 486 g/mol. The summed E-state index contributed by atoms with van der Waals surface area (Å²) >= 11 is 0. The van der Waals surface area contributed by atoms with Crippen molar-refractivity contribution in [3.63, 3.8) is 0 Å². The van der Waals surface area contributed by atoms with Crippen LogP contribution >= 0.6 is 0 Å². The first-order chi connectivity index (χ1) is 15.4. The summed E-state index contributed by atoms with van der Waals surface area (Å²) in [6.45, 7) is 3.79. The molecule has 1 amide bonds. The van der Waals surface area contributed by atoms with E-state index in [0.717, 1.165) is 22.9 Å². The molecule has 8 nitrogen and oxygen atoms in total. The quantitative estimate of drug-likeness (QED) is 0.676. The summed E-state index contributed by atoms with van der Waals surface area (Å²) in [7, 11) is -3.32. The zero-order valence-electron chi connectivity index (χ0n) is 18.2. The molecule has 0 bridgehead atoms. The van der Waals surface area contributed by atoms with Gasteiger partial charge in [0.1, 0.15) is 0 Å². The summed E-state index contributed by atoms with van der Waals surface area (Å²) in [6, 6.07) is 5.21. The van der Waals surface area contributed by atoms with E-state index in [2.05, 4.69) is 10.4 Å². The fourth-order valence-corrected chi connectivity index (χ4v) is 5.24. The van der Waals surface area contributed by atoms with Crippen LogP contribution in [0.3, 0.4) is 0 Å². The lowest BCUT2D eigenvalue weighted by Crippen LogP contribution is -2.47. The van der Waals surface area contributed by atoms with Gasteiger partial charge in [-0.1, -0.05) is 13.0 Å². The lowest BCUT2D eigenvalue weighted by atomic mass is 10.1. The smallest absolute Gasteiger partial charge is 0.348 e. The highest BCUT2D eigenvalue weighted by molar-refractivity contribution is 7.89. The highest BCUT2D eigenvalue weighted by Gasteiger charge is 2.31. The van der Waals surface area contributed by atoms with Crippen molar-refractivity contribution >= 4 is 15.9 Å². The maximum Gasteiger partial charge on any atom is 0.416 e. The number of aromatic nitrogens is 2. The Morgan fingerprint density at radius 3 is 2.48 bits per heavy atom. The molecule has 12 heteroatoms. The average Bonchev–Trinajstić information content (AvgIpc) is 2.73. The van der Waals surface area contributed by atoms with E-state index in [1.807, 2.05) is 0 Å². The summed E-state index contributed by atoms with van der Waals surface area (Å²) in [5, 5.41) is 6.73. The minimum atomic E-state index is -4.55. The zero-order valence-corrected chi connectivity index (χ0v) is 19.0. The Balaban J connectivity index is 1.78. The van der Waals surface area contributed by atoms with E-state index in [0.29, 0.717) is 19.3 Å². The van der Waals surface area contributed by atoms with E-state index in [1.54, 1.807) is 6.92 Å². The molecule has 2 aromatic rings. The van der Waals surface area contributed by atoms with Crippen LogP contribution in [0.1, 0.15) is 47.9 Å². The van der Waals surface area contributed by atoms with Gasteiger partial charge in [0.2, 0.25) is 15.5 Å². The van der Waals surface area contributed by atoms with Gasteiger partial charge in [-0.25, -0.2) is 17.4 Å². The molecule has 1 saturated heterocycles. The van der Waals surface area contributed by atoms with Crippen molar-refractivity contribution in [2.45, 2.75) is 45.3 Å². The maximum absolute atomic E-state index is 13.1. The number of nitrogens with zero attached hydrogens (tertiary/aromatic N) is 3. The van der Waals surface area contributed by atoms with Gasteiger partial charge in [0, 0.05) is 30.9 Å². The predicted molar refractivity (Wildman–Crippen MR) is 116 cm³/mol. The van der Waals surface area contributed by atoms with Crippen LogP contribution in [0.25, 0.3) is 5.69 Å². The Labute approximate surface area is 189 Å². The lowest BCUT2D eigenvalue weighted by Gasteiger charge is -2.31. The Kier molecular flexibility index (Phi) is 7.27. The van der Waals surface area contributed by atoms with Gasteiger partial charge in [0.15, 0.2) is 5.69 Å². The van der Waals surface area contributed by atoms with Crippen LogP contribution in [0, 0.1) is 6.92 Å². The number of alkyl halides is 3. The highest BCUT2D eigenvalue weighted by atomic mass is 32.2. The van der Waals surface area contributed by atoms with Gasteiger partial charge in [-0.2, -0.15) is 18.3 Å². The average molecular weight is 487 g/mol. The molecule has 0 unspecified atom stereocenters. The minimum absolute atomic E-state index is 0.0609. The molecular weight excluding hydrogens is 461 g/mol. The number of benzene rings is 1. The number of sulfonamides is 1. The Morgan fingerprint density at radius 1 is 1.21 bits per heavy atom. The third kappa shape index (κ3) is 5.80. The van der Waals surface area contributed by atoms with E-state index in [-0.39, 0.29) is 36.3 Å². The van der Waals surface area contributed by atoms with Gasteiger partial charge >= 0.3 is 6.18 Å². The second-order valence-electron chi connectivity index (χ2n) is 7.92. The molecule has 180 valence electrons. The Bertz CT molecular complexity index is 1190. The fourth-order valence-electron chi connectivity index (χ4n) is 3.70. The number of piperidine rings is 1. The first-order valence-corrected chi connectivity index (χ1v) is 12.1. The molecule has 1 aromatic heterocycles. The van der Waals surface area contributed by atoms with Crippen molar-refractivity contribution in [2.75, 3.05) is 18.8 Å². The first kappa shape index (κ1) is 24.9. The predicted octanol–water partition coefficient (Wildman–Crippen LogP) is 2.49. The largest absolute Gasteiger partial charge is 0.416 e. The van der Waals surface area contributed by atoms with Crippen molar-refractivity contribution < 1.29 is 26.4 Å². The molecule has 33 heavy (non-hydrogen) atoms. The molecule has 3 rings (SSSR count). The van der Waals surface area contributed by atoms with Crippen LogP contribution in [-0.2, 0) is 16.2 Å². The number of carbonyl (C=O) groups excluding carboxylic acids is 1. The normalized spacial score (nSPS) is 16.0. The molecule has 0 atom stereocenters. The summed E-state index contributed by atoms with van der Waals surface area (Å²) in [4.78, 5) is 25.1. The first-order valence-electron chi connectivity index (χ1n) is 10.5. The van der Waals surface area contributed by atoms with Crippen molar-refractivity contribution in [1.82, 2.24) is 19.4 Å². The molecule has 0 saturated carbocycles. The fraction of sp³-hybridized carbons (Fsp3) is 0.476. The van der Waals surface area contributed by atoms with Crippen LogP contribution in [0.2, 0.25) is 0 Å². The van der Waals surface area contributed by atoms with E-state index in [9.17, 15) is 31.2 Å². The number of aryl methyl sites for hydroxylation is 1. The van der Waals surface area contributed by atoms with Crippen LogP contribution in [-0.4, -0.2) is 53.3 Å². The van der Waals surface area contributed by atoms with Crippen LogP contribution in [0.4, 0.5) is 13.2 Å². The Morgan fingerprint density at radius 2 is 1.88 bits per heavy atom. The van der Waals surface area contributed by atoms with E-state index < -0.39 is 38.8 Å². The molecule has 1 N–H and O–H groups in total. The number of hydrogen-bond acceptors (Lipinski definition) is 5. The van der Waals surface area contributed by atoms with Crippen LogP contribution < -0.4 is 10.7 Å². The lowest BCUT2D eigenvalue weighted by molar-refractivity contribution is -0.137. The number of rotatable bonds is 6. The molecular formula is C21H25F3N4O4S. The number of hydrogen-bond donors (Lipinski definition) is 1. The summed E-state index contributed by atoms with van der Waals surface area (Å²) < 4.78 is 66.1. The van der Waals surface area contributed by atoms with E-state index in [4.69, 9.17) is 0 Å². The molecule has 0 spiro atoms. The second-order valence-corrected chi connectivity index (χ2v) is 10.0. The van der Waals surface area contributed by atoms with Crippen molar-refractivity contribution in [3.05, 3.63) is 57.5 Å². The minimum Gasteiger partial charge on any atom is -0.348 e. The molecule has 1 fully saturated rings. The van der Waals surface area contributed by atoms with Crippen LogP contribution in [0.5, 0.6) is 0 Å². The molecule has 1 aliphatic rings. The van der Waals surface area contributed by atoms with E-state index in [1.165, 1.54) is 23.4 Å². The number of carbonyl (C=O) groups is 1. The van der Waals surface area contributed by atoms with Crippen molar-refractivity contribution in [2.24, 2.45) is 0 Å². The van der Waals surface area contributed by atoms with Crippen LogP contribution in [0.15, 0.2) is 35.1 Å². The summed E-state index contributed by atoms with van der Waals surface area (Å²) in [5.74, 6) is -0.692. The zero-order chi connectivity index (χ0) is 24.4. The topological polar surface area (TPSA) is 101 Å². The number of halogens is 3. The SMILES string of the molecule is CCCS(=O)(=O)N1CCC(NC(=O)c2nn(-c3cccc(C(F)(F)F)c3)c(C)cc2=O)CC1. The molecule has 1 aliphatic heterocycles. The van der Waals surface area contributed by atoms with Gasteiger partial charge in [-0.05, 0) is 44.4 Å². The van der Waals surface area contributed by atoms with E-state index >= 15 is 0 Å². The van der Waals surface area contributed by atoms with Gasteiger partial charge in [-0.15, -0.1) is 0 Å².